The van der Waals surface area contributed by atoms with Crippen molar-refractivity contribution in [1.82, 2.24) is 14.5 Å². The van der Waals surface area contributed by atoms with Crippen LogP contribution in [0.25, 0.3) is 22.3 Å². The van der Waals surface area contributed by atoms with Crippen molar-refractivity contribution in [3.05, 3.63) is 59.7 Å². The Hall–Kier alpha value is -3.33. The molecule has 154 valence electrons. The number of aryl methyl sites for hydroxylation is 1. The number of anilines is 1. The third-order valence-corrected chi connectivity index (χ3v) is 5.54. The number of hydrogen-bond donors (Lipinski definition) is 1. The summed E-state index contributed by atoms with van der Waals surface area (Å²) in [5, 5.41) is 3.33. The molecule has 2 aromatic carbocycles. The van der Waals surface area contributed by atoms with Crippen molar-refractivity contribution in [2.24, 2.45) is 0 Å². The highest BCUT2D eigenvalue weighted by molar-refractivity contribution is 7.16. The van der Waals surface area contributed by atoms with Crippen LogP contribution in [0.5, 0.6) is 5.75 Å². The monoisotopic (exact) mass is 428 g/mol. The molecule has 1 unspecified atom stereocenters. The number of benzene rings is 2. The lowest BCUT2D eigenvalue weighted by molar-refractivity contribution is -0.118. The number of thiazole rings is 1. The average molecular weight is 428 g/mol. The van der Waals surface area contributed by atoms with Gasteiger partial charge in [0.15, 0.2) is 5.13 Å². The zero-order valence-electron chi connectivity index (χ0n) is 16.2. The van der Waals surface area contributed by atoms with E-state index >= 15 is 0 Å². The van der Waals surface area contributed by atoms with Crippen LogP contribution in [0.1, 0.15) is 17.8 Å². The number of ether oxygens (including phenoxy) is 1. The number of carbonyl (C=O) groups is 1. The van der Waals surface area contributed by atoms with Gasteiger partial charge in [-0.3, -0.25) is 4.79 Å². The number of fused-ring (bicyclic) bond motifs is 1. The standard InChI is InChI=1S/C21H18F2N4O2S/c1-12(27-11-24-16-5-3-4-6-17(16)27)19(28)26-21-25-18(13(2)30-21)14-7-9-15(10-8-14)29-20(22)23/h3-12,20H,1-2H3,(H,25,26,28). The van der Waals surface area contributed by atoms with E-state index in [1.54, 1.807) is 25.4 Å². The predicted octanol–water partition coefficient (Wildman–Crippen LogP) is 5.27. The topological polar surface area (TPSA) is 69.0 Å². The van der Waals surface area contributed by atoms with Gasteiger partial charge in [-0.15, -0.1) is 11.3 Å². The van der Waals surface area contributed by atoms with Gasteiger partial charge in [0, 0.05) is 10.4 Å². The van der Waals surface area contributed by atoms with Gasteiger partial charge < -0.3 is 14.6 Å². The van der Waals surface area contributed by atoms with Crippen molar-refractivity contribution in [3.8, 4) is 17.0 Å². The zero-order chi connectivity index (χ0) is 21.3. The molecule has 1 N–H and O–H groups in total. The van der Waals surface area contributed by atoms with Crippen LogP contribution in [0.4, 0.5) is 13.9 Å². The zero-order valence-corrected chi connectivity index (χ0v) is 17.0. The van der Waals surface area contributed by atoms with Gasteiger partial charge in [-0.1, -0.05) is 12.1 Å². The summed E-state index contributed by atoms with van der Waals surface area (Å²) in [7, 11) is 0. The lowest BCUT2D eigenvalue weighted by Gasteiger charge is -2.13. The first-order chi connectivity index (χ1) is 14.4. The summed E-state index contributed by atoms with van der Waals surface area (Å²) < 4.78 is 30.8. The number of nitrogens with one attached hydrogen (secondary N) is 1. The first-order valence-corrected chi connectivity index (χ1v) is 9.99. The molecule has 9 heteroatoms. The van der Waals surface area contributed by atoms with Crippen LogP contribution in [0.2, 0.25) is 0 Å². The number of hydrogen-bond acceptors (Lipinski definition) is 5. The highest BCUT2D eigenvalue weighted by atomic mass is 32.1. The Morgan fingerprint density at radius 2 is 1.90 bits per heavy atom. The summed E-state index contributed by atoms with van der Waals surface area (Å²) in [6.07, 6.45) is 1.65. The minimum absolute atomic E-state index is 0.0801. The summed E-state index contributed by atoms with van der Waals surface area (Å²) in [6, 6.07) is 13.4. The Labute approximate surface area is 175 Å². The highest BCUT2D eigenvalue weighted by Crippen LogP contribution is 2.32. The number of nitrogens with zero attached hydrogens (tertiary/aromatic N) is 3. The van der Waals surface area contributed by atoms with Gasteiger partial charge in [-0.2, -0.15) is 8.78 Å². The summed E-state index contributed by atoms with van der Waals surface area (Å²) in [4.78, 5) is 22.5. The molecule has 0 radical (unpaired) electrons. The van der Waals surface area contributed by atoms with Crippen LogP contribution >= 0.6 is 11.3 Å². The summed E-state index contributed by atoms with van der Waals surface area (Å²) >= 11 is 1.35. The van der Waals surface area contributed by atoms with E-state index in [1.165, 1.54) is 23.5 Å². The molecule has 0 saturated carbocycles. The molecule has 4 rings (SSSR count). The minimum Gasteiger partial charge on any atom is -0.435 e. The molecule has 2 heterocycles. The maximum Gasteiger partial charge on any atom is 0.387 e. The second kappa shape index (κ2) is 8.19. The normalized spacial score (nSPS) is 12.3. The number of imidazole rings is 1. The molecule has 0 aliphatic rings. The van der Waals surface area contributed by atoms with E-state index < -0.39 is 12.7 Å². The molecule has 0 aliphatic carbocycles. The third kappa shape index (κ3) is 4.02. The van der Waals surface area contributed by atoms with Gasteiger partial charge in [-0.05, 0) is 50.2 Å². The summed E-state index contributed by atoms with van der Waals surface area (Å²) in [5.41, 5.74) is 3.13. The Morgan fingerprint density at radius 3 is 2.63 bits per heavy atom. The molecule has 0 bridgehead atoms. The van der Waals surface area contributed by atoms with Gasteiger partial charge >= 0.3 is 6.61 Å². The lowest BCUT2D eigenvalue weighted by Crippen LogP contribution is -2.23. The molecule has 0 aliphatic heterocycles. The van der Waals surface area contributed by atoms with E-state index in [1.807, 2.05) is 35.8 Å². The maximum absolute atomic E-state index is 12.8. The fraction of sp³-hybridized carbons (Fsp3) is 0.190. The SMILES string of the molecule is Cc1sc(NC(=O)C(C)n2cnc3ccccc32)nc1-c1ccc(OC(F)F)cc1. The van der Waals surface area contributed by atoms with E-state index in [-0.39, 0.29) is 11.7 Å². The summed E-state index contributed by atoms with van der Waals surface area (Å²) in [6.45, 7) is 0.819. The Morgan fingerprint density at radius 1 is 1.17 bits per heavy atom. The van der Waals surface area contributed by atoms with Gasteiger partial charge in [-0.25, -0.2) is 9.97 Å². The van der Waals surface area contributed by atoms with Gasteiger partial charge in [0.25, 0.3) is 0 Å². The molecular weight excluding hydrogens is 410 g/mol. The van der Waals surface area contributed by atoms with Crippen LogP contribution < -0.4 is 10.1 Å². The molecule has 0 saturated heterocycles. The number of amides is 1. The van der Waals surface area contributed by atoms with E-state index in [4.69, 9.17) is 0 Å². The van der Waals surface area contributed by atoms with Crippen LogP contribution in [0, 0.1) is 6.92 Å². The molecule has 1 amide bonds. The Balaban J connectivity index is 1.51. The smallest absolute Gasteiger partial charge is 0.387 e. The van der Waals surface area contributed by atoms with Crippen LogP contribution in [-0.2, 0) is 4.79 Å². The second-order valence-corrected chi connectivity index (χ2v) is 7.84. The highest BCUT2D eigenvalue weighted by Gasteiger charge is 2.19. The van der Waals surface area contributed by atoms with Gasteiger partial charge in [0.05, 0.1) is 23.1 Å². The van der Waals surface area contributed by atoms with Gasteiger partial charge in [0.2, 0.25) is 5.91 Å². The first-order valence-electron chi connectivity index (χ1n) is 9.17. The second-order valence-electron chi connectivity index (χ2n) is 6.63. The van der Waals surface area contributed by atoms with Crippen molar-refractivity contribution in [2.75, 3.05) is 5.32 Å². The Kier molecular flexibility index (Phi) is 5.45. The lowest BCUT2D eigenvalue weighted by atomic mass is 10.1. The quantitative estimate of drug-likeness (QED) is 0.454. The largest absolute Gasteiger partial charge is 0.435 e. The maximum atomic E-state index is 12.8. The fourth-order valence-electron chi connectivity index (χ4n) is 3.14. The number of alkyl halides is 2. The van der Waals surface area contributed by atoms with Crippen molar-refractivity contribution >= 4 is 33.4 Å². The van der Waals surface area contributed by atoms with Crippen LogP contribution in [0.3, 0.4) is 0 Å². The van der Waals surface area contributed by atoms with Crippen molar-refractivity contribution < 1.29 is 18.3 Å². The fourth-order valence-corrected chi connectivity index (χ4v) is 3.97. The average Bonchev–Trinajstić information content (AvgIpc) is 3.31. The number of rotatable bonds is 6. The van der Waals surface area contributed by atoms with Crippen LogP contribution in [0.15, 0.2) is 54.9 Å². The number of carbonyl (C=O) groups excluding carboxylic acids is 1. The van der Waals surface area contributed by atoms with E-state index in [9.17, 15) is 13.6 Å². The molecule has 0 spiro atoms. The van der Waals surface area contributed by atoms with E-state index in [0.29, 0.717) is 10.8 Å². The molecule has 2 aromatic heterocycles. The predicted molar refractivity (Wildman–Crippen MR) is 112 cm³/mol. The van der Waals surface area contributed by atoms with Crippen molar-refractivity contribution in [1.29, 1.82) is 0 Å². The first kappa shape index (κ1) is 20.0. The van der Waals surface area contributed by atoms with E-state index in [2.05, 4.69) is 20.0 Å². The minimum atomic E-state index is -2.87. The molecule has 4 aromatic rings. The van der Waals surface area contributed by atoms with E-state index in [0.717, 1.165) is 21.5 Å². The Bertz CT molecular complexity index is 1190. The molecule has 6 nitrogen and oxygen atoms in total. The summed E-state index contributed by atoms with van der Waals surface area (Å²) in [5.74, 6) is -0.129. The molecule has 30 heavy (non-hydrogen) atoms. The van der Waals surface area contributed by atoms with Gasteiger partial charge in [0.1, 0.15) is 11.8 Å². The number of para-hydroxylation sites is 2. The van der Waals surface area contributed by atoms with Crippen molar-refractivity contribution in [3.63, 3.8) is 0 Å². The molecule has 0 fully saturated rings. The van der Waals surface area contributed by atoms with Crippen molar-refractivity contribution in [2.45, 2.75) is 26.5 Å². The molecule has 1 atom stereocenters. The van der Waals surface area contributed by atoms with Crippen LogP contribution in [-0.4, -0.2) is 27.1 Å². The molecular formula is C21H18F2N4O2S. The number of halogens is 2. The number of aromatic nitrogens is 3. The third-order valence-electron chi connectivity index (χ3n) is 4.66.